The Hall–Kier alpha value is -3.54. The Morgan fingerprint density at radius 1 is 0.926 bits per heavy atom. The van der Waals surface area contributed by atoms with Crippen LogP contribution in [0.3, 0.4) is 0 Å². The molecule has 2 heterocycles. The van der Waals surface area contributed by atoms with Gasteiger partial charge in [0.1, 0.15) is 13.2 Å². The molecule has 0 aliphatic rings. The largest absolute Gasteiger partial charge is 0.458 e. The number of esters is 1. The number of hydrogen-bond acceptors (Lipinski definition) is 6. The third-order valence-electron chi connectivity index (χ3n) is 4.32. The number of aromatic nitrogens is 3. The van der Waals surface area contributed by atoms with Gasteiger partial charge in [-0.25, -0.2) is 15.0 Å². The van der Waals surface area contributed by atoms with Crippen LogP contribution in [0.4, 0.5) is 5.95 Å². The van der Waals surface area contributed by atoms with Gasteiger partial charge in [-0.15, -0.1) is 0 Å². The number of benzene rings is 2. The summed E-state index contributed by atoms with van der Waals surface area (Å²) < 4.78 is 5.48. The maximum absolute atomic E-state index is 12.3. The minimum atomic E-state index is -0.357. The lowest BCUT2D eigenvalue weighted by Crippen LogP contribution is -2.28. The van der Waals surface area contributed by atoms with Crippen molar-refractivity contribution in [3.8, 4) is 0 Å². The van der Waals surface area contributed by atoms with E-state index in [0.29, 0.717) is 5.95 Å². The van der Waals surface area contributed by atoms with Crippen LogP contribution < -0.4 is 4.90 Å². The average molecular weight is 358 g/mol. The van der Waals surface area contributed by atoms with Crippen LogP contribution in [0.5, 0.6) is 0 Å². The quantitative estimate of drug-likeness (QED) is 0.402. The van der Waals surface area contributed by atoms with Gasteiger partial charge in [-0.3, -0.25) is 4.79 Å². The molecule has 2 aromatic carbocycles. The van der Waals surface area contributed by atoms with E-state index in [9.17, 15) is 4.79 Å². The summed E-state index contributed by atoms with van der Waals surface area (Å²) in [4.78, 5) is 26.8. The first-order valence-corrected chi connectivity index (χ1v) is 8.62. The van der Waals surface area contributed by atoms with Crippen molar-refractivity contribution in [3.63, 3.8) is 0 Å². The van der Waals surface area contributed by atoms with Gasteiger partial charge in [-0.1, -0.05) is 42.5 Å². The minimum Gasteiger partial charge on any atom is -0.458 e. The van der Waals surface area contributed by atoms with Gasteiger partial charge in [-0.2, -0.15) is 0 Å². The van der Waals surface area contributed by atoms with E-state index in [-0.39, 0.29) is 19.1 Å². The van der Waals surface area contributed by atoms with E-state index in [1.807, 2.05) is 36.4 Å². The Morgan fingerprint density at radius 2 is 1.59 bits per heavy atom. The number of likely N-dealkylation sites (N-methyl/N-ethyl adjacent to an activating group) is 1. The average Bonchev–Trinajstić information content (AvgIpc) is 2.72. The summed E-state index contributed by atoms with van der Waals surface area (Å²) in [5.41, 5.74) is 1.63. The summed E-state index contributed by atoms with van der Waals surface area (Å²) in [6, 6.07) is 17.7. The molecule has 0 atom stereocenters. The molecule has 0 saturated carbocycles. The molecule has 0 spiro atoms. The van der Waals surface area contributed by atoms with Crippen molar-refractivity contribution in [1.82, 2.24) is 15.0 Å². The van der Waals surface area contributed by atoms with Crippen molar-refractivity contribution >= 4 is 33.6 Å². The molecule has 4 rings (SSSR count). The molecule has 0 aliphatic heterocycles. The standard InChI is InChI=1S/C21H18N4O2/c1-25(21-22-11-6-12-23-21)13-20(26)27-14-19-17-9-3-2-7-15(17)16-8-4-5-10-18(16)24-19/h2-12H,13-14H2,1H3. The predicted molar refractivity (Wildman–Crippen MR) is 104 cm³/mol. The van der Waals surface area contributed by atoms with Gasteiger partial charge >= 0.3 is 5.97 Å². The highest BCUT2D eigenvalue weighted by molar-refractivity contribution is 6.06. The Balaban J connectivity index is 1.54. The van der Waals surface area contributed by atoms with Gasteiger partial charge in [0.15, 0.2) is 0 Å². The summed E-state index contributed by atoms with van der Waals surface area (Å²) in [7, 11) is 1.75. The lowest BCUT2D eigenvalue weighted by atomic mass is 10.0. The third-order valence-corrected chi connectivity index (χ3v) is 4.32. The van der Waals surface area contributed by atoms with Crippen LogP contribution in [0.15, 0.2) is 67.0 Å². The molecule has 0 unspecified atom stereocenters. The summed E-state index contributed by atoms with van der Waals surface area (Å²) in [6.07, 6.45) is 3.27. The fraction of sp³-hybridized carbons (Fsp3) is 0.143. The Morgan fingerprint density at radius 3 is 2.37 bits per heavy atom. The first-order valence-electron chi connectivity index (χ1n) is 8.62. The molecular weight excluding hydrogens is 340 g/mol. The van der Waals surface area contributed by atoms with Crippen LogP contribution in [0.2, 0.25) is 0 Å². The van der Waals surface area contributed by atoms with Crippen LogP contribution in [-0.2, 0) is 16.1 Å². The molecule has 0 fully saturated rings. The molecule has 0 radical (unpaired) electrons. The molecule has 0 saturated heterocycles. The lowest BCUT2D eigenvalue weighted by molar-refractivity contribution is -0.143. The molecule has 0 amide bonds. The second kappa shape index (κ2) is 7.37. The van der Waals surface area contributed by atoms with E-state index < -0.39 is 0 Å². The molecule has 4 aromatic rings. The third kappa shape index (κ3) is 3.55. The van der Waals surface area contributed by atoms with Crippen molar-refractivity contribution in [3.05, 3.63) is 72.7 Å². The van der Waals surface area contributed by atoms with E-state index in [1.165, 1.54) is 0 Å². The molecule has 27 heavy (non-hydrogen) atoms. The SMILES string of the molecule is CN(CC(=O)OCc1nc2ccccc2c2ccccc12)c1ncccn1. The van der Waals surface area contributed by atoms with Crippen LogP contribution >= 0.6 is 0 Å². The number of hydrogen-bond donors (Lipinski definition) is 0. The molecule has 6 nitrogen and oxygen atoms in total. The molecule has 0 bridgehead atoms. The molecular formula is C21H18N4O2. The number of pyridine rings is 1. The zero-order valence-corrected chi connectivity index (χ0v) is 14.9. The van der Waals surface area contributed by atoms with Crippen molar-refractivity contribution in [2.75, 3.05) is 18.5 Å². The zero-order chi connectivity index (χ0) is 18.6. The molecule has 0 aliphatic carbocycles. The first-order chi connectivity index (χ1) is 13.2. The van der Waals surface area contributed by atoms with E-state index in [2.05, 4.69) is 22.1 Å². The number of ether oxygens (including phenoxy) is 1. The number of nitrogens with zero attached hydrogens (tertiary/aromatic N) is 4. The van der Waals surface area contributed by atoms with Gasteiger partial charge in [0.25, 0.3) is 0 Å². The Kier molecular flexibility index (Phi) is 4.61. The van der Waals surface area contributed by atoms with Crippen LogP contribution in [0.1, 0.15) is 5.69 Å². The molecule has 2 aromatic heterocycles. The number of fused-ring (bicyclic) bond motifs is 3. The second-order valence-electron chi connectivity index (χ2n) is 6.19. The number of carbonyl (C=O) groups excluding carboxylic acids is 1. The van der Waals surface area contributed by atoms with E-state index in [4.69, 9.17) is 9.72 Å². The number of carbonyl (C=O) groups is 1. The van der Waals surface area contributed by atoms with Crippen LogP contribution in [0.25, 0.3) is 21.7 Å². The lowest BCUT2D eigenvalue weighted by Gasteiger charge is -2.16. The number of para-hydroxylation sites is 1. The first kappa shape index (κ1) is 16.9. The molecule has 6 heteroatoms. The van der Waals surface area contributed by atoms with Crippen molar-refractivity contribution in [1.29, 1.82) is 0 Å². The van der Waals surface area contributed by atoms with Crippen molar-refractivity contribution in [2.24, 2.45) is 0 Å². The minimum absolute atomic E-state index is 0.0650. The van der Waals surface area contributed by atoms with Crippen molar-refractivity contribution < 1.29 is 9.53 Å². The van der Waals surface area contributed by atoms with Gasteiger partial charge in [0.05, 0.1) is 11.2 Å². The molecule has 0 N–H and O–H groups in total. The fourth-order valence-corrected chi connectivity index (χ4v) is 3.03. The maximum atomic E-state index is 12.3. The highest BCUT2D eigenvalue weighted by atomic mass is 16.5. The normalized spacial score (nSPS) is 10.9. The van der Waals surface area contributed by atoms with E-state index in [0.717, 1.165) is 27.4 Å². The van der Waals surface area contributed by atoms with Crippen LogP contribution in [-0.4, -0.2) is 34.5 Å². The monoisotopic (exact) mass is 358 g/mol. The molecule has 134 valence electrons. The van der Waals surface area contributed by atoms with E-state index >= 15 is 0 Å². The highest BCUT2D eigenvalue weighted by Gasteiger charge is 2.13. The summed E-state index contributed by atoms with van der Waals surface area (Å²) in [5, 5.41) is 3.18. The maximum Gasteiger partial charge on any atom is 0.326 e. The van der Waals surface area contributed by atoms with Crippen molar-refractivity contribution in [2.45, 2.75) is 6.61 Å². The van der Waals surface area contributed by atoms with Gasteiger partial charge in [0.2, 0.25) is 5.95 Å². The second-order valence-corrected chi connectivity index (χ2v) is 6.19. The topological polar surface area (TPSA) is 68.2 Å². The highest BCUT2D eigenvalue weighted by Crippen LogP contribution is 2.26. The Bertz CT molecular complexity index is 1100. The number of anilines is 1. The summed E-state index contributed by atoms with van der Waals surface area (Å²) in [5.74, 6) is 0.118. The van der Waals surface area contributed by atoms with Gasteiger partial charge < -0.3 is 9.64 Å². The zero-order valence-electron chi connectivity index (χ0n) is 14.9. The Labute approximate surface area is 156 Å². The predicted octanol–water partition coefficient (Wildman–Crippen LogP) is 3.36. The smallest absolute Gasteiger partial charge is 0.326 e. The summed E-state index contributed by atoms with van der Waals surface area (Å²) in [6.45, 7) is 0.184. The summed E-state index contributed by atoms with van der Waals surface area (Å²) >= 11 is 0. The number of rotatable bonds is 5. The van der Waals surface area contributed by atoms with Gasteiger partial charge in [-0.05, 0) is 17.5 Å². The fourth-order valence-electron chi connectivity index (χ4n) is 3.03. The van der Waals surface area contributed by atoms with Crippen LogP contribution in [0, 0.1) is 0 Å². The van der Waals surface area contributed by atoms with E-state index in [1.54, 1.807) is 30.4 Å². The van der Waals surface area contributed by atoms with Gasteiger partial charge in [0, 0.05) is 30.2 Å².